The van der Waals surface area contributed by atoms with E-state index in [9.17, 15) is 0 Å². The minimum absolute atomic E-state index is 0.388. The molecule has 2 N–H and O–H groups in total. The van der Waals surface area contributed by atoms with E-state index in [0.717, 1.165) is 16.0 Å². The highest BCUT2D eigenvalue weighted by Crippen LogP contribution is 2.23. The average Bonchev–Trinajstić information content (AvgIpc) is 2.22. The highest BCUT2D eigenvalue weighted by Gasteiger charge is 2.08. The first-order chi connectivity index (χ1) is 7.04. The van der Waals surface area contributed by atoms with Crippen LogP contribution in [0.15, 0.2) is 22.7 Å². The third-order valence-electron chi connectivity index (χ3n) is 2.51. The first-order valence-electron chi connectivity index (χ1n) is 4.89. The van der Waals surface area contributed by atoms with E-state index in [4.69, 9.17) is 17.3 Å². The maximum atomic E-state index is 5.93. The SMILES string of the molecule is CC(CN)N(C)Cc1ccc(Cl)c(Br)c1. The van der Waals surface area contributed by atoms with Crippen LogP contribution in [0.2, 0.25) is 5.02 Å². The quantitative estimate of drug-likeness (QED) is 0.924. The van der Waals surface area contributed by atoms with E-state index in [-0.39, 0.29) is 0 Å². The summed E-state index contributed by atoms with van der Waals surface area (Å²) in [6.07, 6.45) is 0. The Bertz CT molecular complexity index is 330. The summed E-state index contributed by atoms with van der Waals surface area (Å²) in [5.74, 6) is 0. The van der Waals surface area contributed by atoms with Gasteiger partial charge in [0.2, 0.25) is 0 Å². The number of halogens is 2. The molecule has 0 bridgehead atoms. The van der Waals surface area contributed by atoms with Crippen LogP contribution in [0.3, 0.4) is 0 Å². The number of hydrogen-bond acceptors (Lipinski definition) is 2. The lowest BCUT2D eigenvalue weighted by Gasteiger charge is -2.23. The second-order valence-electron chi connectivity index (χ2n) is 3.75. The lowest BCUT2D eigenvalue weighted by atomic mass is 10.2. The van der Waals surface area contributed by atoms with E-state index in [0.29, 0.717) is 12.6 Å². The third-order valence-corrected chi connectivity index (χ3v) is 3.72. The first kappa shape index (κ1) is 13.0. The van der Waals surface area contributed by atoms with Gasteiger partial charge in [0.15, 0.2) is 0 Å². The summed E-state index contributed by atoms with van der Waals surface area (Å²) in [7, 11) is 2.07. The van der Waals surface area contributed by atoms with Gasteiger partial charge in [0.05, 0.1) is 5.02 Å². The van der Waals surface area contributed by atoms with Gasteiger partial charge in [-0.1, -0.05) is 17.7 Å². The Labute approximate surface area is 105 Å². The molecule has 0 saturated carbocycles. The minimum atomic E-state index is 0.388. The molecule has 0 saturated heterocycles. The van der Waals surface area contributed by atoms with Crippen LogP contribution >= 0.6 is 27.5 Å². The van der Waals surface area contributed by atoms with Crippen molar-refractivity contribution < 1.29 is 0 Å². The fourth-order valence-corrected chi connectivity index (χ4v) is 1.81. The normalized spacial score (nSPS) is 13.2. The molecule has 1 aromatic rings. The van der Waals surface area contributed by atoms with Gasteiger partial charge in [-0.3, -0.25) is 4.90 Å². The van der Waals surface area contributed by atoms with Gasteiger partial charge in [0.1, 0.15) is 0 Å². The van der Waals surface area contributed by atoms with Crippen LogP contribution in [-0.4, -0.2) is 24.5 Å². The molecule has 0 aliphatic carbocycles. The fourth-order valence-electron chi connectivity index (χ4n) is 1.26. The molecule has 1 atom stereocenters. The molecule has 0 aliphatic heterocycles. The summed E-state index contributed by atoms with van der Waals surface area (Å²) < 4.78 is 0.940. The zero-order chi connectivity index (χ0) is 11.4. The molecule has 0 amide bonds. The molecule has 1 unspecified atom stereocenters. The van der Waals surface area contributed by atoms with E-state index in [1.807, 2.05) is 18.2 Å². The number of likely N-dealkylation sites (N-methyl/N-ethyl adjacent to an activating group) is 1. The summed E-state index contributed by atoms with van der Waals surface area (Å²) in [5.41, 5.74) is 6.84. The Morgan fingerprint density at radius 3 is 2.73 bits per heavy atom. The molecule has 0 aromatic heterocycles. The van der Waals surface area contributed by atoms with Gasteiger partial charge < -0.3 is 5.73 Å². The van der Waals surface area contributed by atoms with Crippen molar-refractivity contribution in [2.75, 3.05) is 13.6 Å². The van der Waals surface area contributed by atoms with Gasteiger partial charge >= 0.3 is 0 Å². The highest BCUT2D eigenvalue weighted by molar-refractivity contribution is 9.10. The van der Waals surface area contributed by atoms with Gasteiger partial charge in [-0.05, 0) is 47.6 Å². The Kier molecular flexibility index (Phi) is 5.06. The van der Waals surface area contributed by atoms with Gasteiger partial charge in [0.25, 0.3) is 0 Å². The summed E-state index contributed by atoms with van der Waals surface area (Å²) >= 11 is 9.34. The van der Waals surface area contributed by atoms with Gasteiger partial charge in [-0.25, -0.2) is 0 Å². The van der Waals surface area contributed by atoms with Crippen molar-refractivity contribution in [3.8, 4) is 0 Å². The number of rotatable bonds is 4. The third kappa shape index (κ3) is 3.76. The van der Waals surface area contributed by atoms with Gasteiger partial charge in [-0.15, -0.1) is 0 Å². The summed E-state index contributed by atoms with van der Waals surface area (Å²) in [4.78, 5) is 2.22. The molecule has 1 rings (SSSR count). The maximum absolute atomic E-state index is 5.93. The molecular weight excluding hydrogens is 275 g/mol. The number of nitrogens with zero attached hydrogens (tertiary/aromatic N) is 1. The number of benzene rings is 1. The molecule has 0 fully saturated rings. The lowest BCUT2D eigenvalue weighted by Crippen LogP contribution is -2.34. The van der Waals surface area contributed by atoms with Crippen LogP contribution in [0.4, 0.5) is 0 Å². The molecule has 0 spiro atoms. The molecule has 84 valence electrons. The average molecular weight is 292 g/mol. The van der Waals surface area contributed by atoms with Crippen molar-refractivity contribution in [1.29, 1.82) is 0 Å². The van der Waals surface area contributed by atoms with Crippen molar-refractivity contribution in [1.82, 2.24) is 4.90 Å². The Morgan fingerprint density at radius 2 is 2.20 bits per heavy atom. The number of nitrogens with two attached hydrogens (primary N) is 1. The smallest absolute Gasteiger partial charge is 0.0548 e. The van der Waals surface area contributed by atoms with Crippen LogP contribution in [0.1, 0.15) is 12.5 Å². The summed E-state index contributed by atoms with van der Waals surface area (Å²) in [5, 5.41) is 0.744. The van der Waals surface area contributed by atoms with Crippen LogP contribution < -0.4 is 5.73 Å². The van der Waals surface area contributed by atoms with Crippen LogP contribution in [-0.2, 0) is 6.54 Å². The van der Waals surface area contributed by atoms with E-state index in [2.05, 4.69) is 34.8 Å². The van der Waals surface area contributed by atoms with Crippen LogP contribution in [0.25, 0.3) is 0 Å². The molecule has 0 aliphatic rings. The zero-order valence-electron chi connectivity index (χ0n) is 9.00. The summed E-state index contributed by atoms with van der Waals surface area (Å²) in [6, 6.07) is 6.37. The van der Waals surface area contributed by atoms with Crippen LogP contribution in [0, 0.1) is 0 Å². The minimum Gasteiger partial charge on any atom is -0.329 e. The first-order valence-corrected chi connectivity index (χ1v) is 6.06. The van der Waals surface area contributed by atoms with Gasteiger partial charge in [-0.2, -0.15) is 0 Å². The second kappa shape index (κ2) is 5.85. The zero-order valence-corrected chi connectivity index (χ0v) is 11.3. The van der Waals surface area contributed by atoms with E-state index >= 15 is 0 Å². The standard InChI is InChI=1S/C11H16BrClN2/c1-8(6-14)15(2)7-9-3-4-11(13)10(12)5-9/h3-5,8H,6-7,14H2,1-2H3. The molecule has 15 heavy (non-hydrogen) atoms. The molecule has 1 aromatic carbocycles. The van der Waals surface area contributed by atoms with Crippen molar-refractivity contribution in [3.63, 3.8) is 0 Å². The van der Waals surface area contributed by atoms with Crippen molar-refractivity contribution >= 4 is 27.5 Å². The van der Waals surface area contributed by atoms with E-state index in [1.165, 1.54) is 5.56 Å². The fraction of sp³-hybridized carbons (Fsp3) is 0.455. The van der Waals surface area contributed by atoms with Crippen molar-refractivity contribution in [2.24, 2.45) is 5.73 Å². The lowest BCUT2D eigenvalue weighted by molar-refractivity contribution is 0.255. The Morgan fingerprint density at radius 1 is 1.53 bits per heavy atom. The topological polar surface area (TPSA) is 29.3 Å². The molecule has 0 heterocycles. The van der Waals surface area contributed by atoms with Crippen molar-refractivity contribution in [3.05, 3.63) is 33.3 Å². The Balaban J connectivity index is 2.68. The molecule has 4 heteroatoms. The maximum Gasteiger partial charge on any atom is 0.0548 e. The molecule has 0 radical (unpaired) electrons. The Hall–Kier alpha value is -0.0900. The second-order valence-corrected chi connectivity index (χ2v) is 5.01. The van der Waals surface area contributed by atoms with E-state index < -0.39 is 0 Å². The predicted molar refractivity (Wildman–Crippen MR) is 69.1 cm³/mol. The summed E-state index contributed by atoms with van der Waals surface area (Å²) in [6.45, 7) is 3.67. The highest BCUT2D eigenvalue weighted by atomic mass is 79.9. The molecular formula is C11H16BrClN2. The monoisotopic (exact) mass is 290 g/mol. The molecule has 2 nitrogen and oxygen atoms in total. The van der Waals surface area contributed by atoms with Crippen LogP contribution in [0.5, 0.6) is 0 Å². The predicted octanol–water partition coefficient (Wildman–Crippen LogP) is 2.88. The largest absolute Gasteiger partial charge is 0.329 e. The van der Waals surface area contributed by atoms with E-state index in [1.54, 1.807) is 0 Å². The van der Waals surface area contributed by atoms with Crippen molar-refractivity contribution in [2.45, 2.75) is 19.5 Å². The number of hydrogen-bond donors (Lipinski definition) is 1. The van der Waals surface area contributed by atoms with Gasteiger partial charge in [0, 0.05) is 23.6 Å².